The molecule has 1 aliphatic heterocycles. The van der Waals surface area contributed by atoms with Crippen LogP contribution in [0.3, 0.4) is 0 Å². The lowest BCUT2D eigenvalue weighted by Gasteiger charge is -2.42. The quantitative estimate of drug-likeness (QED) is 0.704. The average Bonchev–Trinajstić information content (AvgIpc) is 2.37. The van der Waals surface area contributed by atoms with Crippen molar-refractivity contribution in [2.75, 3.05) is 13.1 Å². The molecule has 1 saturated heterocycles. The topological polar surface area (TPSA) is 20.3 Å². The van der Waals surface area contributed by atoms with Gasteiger partial charge in [-0.1, -0.05) is 19.3 Å². The molecule has 0 aromatic carbocycles. The molecule has 0 spiro atoms. The first-order valence-corrected chi connectivity index (χ1v) is 6.38. The lowest BCUT2D eigenvalue weighted by Crippen LogP contribution is -2.53. The number of carbonyl (C=O) groups is 1. The highest BCUT2D eigenvalue weighted by Gasteiger charge is 2.52. The molecule has 1 saturated carbocycles. The van der Waals surface area contributed by atoms with Crippen molar-refractivity contribution < 1.29 is 22.4 Å². The standard InChI is InChI=1S/C12H17F4NO/c13-10(14)12(15,16)11(18)17-6-5-8-3-1-2-4-9(8)7-17/h8-10H,1-7H2. The van der Waals surface area contributed by atoms with Gasteiger partial charge in [0.1, 0.15) is 0 Å². The molecule has 0 bridgehead atoms. The summed E-state index contributed by atoms with van der Waals surface area (Å²) in [7, 11) is 0. The van der Waals surface area contributed by atoms with Gasteiger partial charge in [0, 0.05) is 13.1 Å². The van der Waals surface area contributed by atoms with E-state index in [0.717, 1.165) is 30.6 Å². The fourth-order valence-electron chi connectivity index (χ4n) is 3.09. The Labute approximate surface area is 103 Å². The lowest BCUT2D eigenvalue weighted by atomic mass is 9.75. The first-order valence-electron chi connectivity index (χ1n) is 6.38. The van der Waals surface area contributed by atoms with E-state index in [9.17, 15) is 22.4 Å². The normalized spacial score (nSPS) is 29.3. The SMILES string of the molecule is O=C(N1CCC2CCCCC2C1)C(F)(F)C(F)F. The summed E-state index contributed by atoms with van der Waals surface area (Å²) in [6, 6.07) is 0. The van der Waals surface area contributed by atoms with Gasteiger partial charge in [-0.25, -0.2) is 8.78 Å². The Morgan fingerprint density at radius 3 is 2.33 bits per heavy atom. The number of alkyl halides is 4. The van der Waals surface area contributed by atoms with E-state index >= 15 is 0 Å². The van der Waals surface area contributed by atoms with Crippen molar-refractivity contribution in [1.29, 1.82) is 0 Å². The molecule has 2 nitrogen and oxygen atoms in total. The summed E-state index contributed by atoms with van der Waals surface area (Å²) >= 11 is 0. The van der Waals surface area contributed by atoms with Gasteiger partial charge in [-0.15, -0.1) is 0 Å². The Kier molecular flexibility index (Phi) is 3.82. The second-order valence-electron chi connectivity index (χ2n) is 5.27. The number of carbonyl (C=O) groups excluding carboxylic acids is 1. The predicted molar refractivity (Wildman–Crippen MR) is 57.6 cm³/mol. The molecular formula is C12H17F4NO. The average molecular weight is 267 g/mol. The minimum atomic E-state index is -4.54. The summed E-state index contributed by atoms with van der Waals surface area (Å²) in [5.74, 6) is -5.56. The van der Waals surface area contributed by atoms with Crippen LogP contribution in [0.25, 0.3) is 0 Å². The summed E-state index contributed by atoms with van der Waals surface area (Å²) in [5.41, 5.74) is 0. The van der Waals surface area contributed by atoms with E-state index in [1.54, 1.807) is 0 Å². The van der Waals surface area contributed by atoms with Gasteiger partial charge < -0.3 is 4.90 Å². The van der Waals surface area contributed by atoms with E-state index < -0.39 is 18.3 Å². The number of rotatable bonds is 2. The van der Waals surface area contributed by atoms with Crippen LogP contribution in [0.2, 0.25) is 0 Å². The van der Waals surface area contributed by atoms with E-state index in [-0.39, 0.29) is 19.0 Å². The summed E-state index contributed by atoms with van der Waals surface area (Å²) < 4.78 is 50.3. The van der Waals surface area contributed by atoms with Gasteiger partial charge in [-0.2, -0.15) is 8.78 Å². The molecule has 1 aliphatic carbocycles. The molecular weight excluding hydrogens is 250 g/mol. The first-order chi connectivity index (χ1) is 8.43. The third-order valence-electron chi connectivity index (χ3n) is 4.14. The Bertz CT molecular complexity index is 321. The van der Waals surface area contributed by atoms with E-state index in [1.165, 1.54) is 0 Å². The number of likely N-dealkylation sites (tertiary alicyclic amines) is 1. The summed E-state index contributed by atoms with van der Waals surface area (Å²) in [6.07, 6.45) is 0.896. The molecule has 2 atom stereocenters. The van der Waals surface area contributed by atoms with Crippen molar-refractivity contribution in [3.8, 4) is 0 Å². The van der Waals surface area contributed by atoms with E-state index in [0.29, 0.717) is 12.3 Å². The van der Waals surface area contributed by atoms with Gasteiger partial charge in [-0.05, 0) is 24.7 Å². The summed E-state index contributed by atoms with van der Waals surface area (Å²) in [4.78, 5) is 12.4. The highest BCUT2D eigenvalue weighted by molar-refractivity contribution is 5.84. The first kappa shape index (κ1) is 13.6. The van der Waals surface area contributed by atoms with Crippen molar-refractivity contribution >= 4 is 5.91 Å². The zero-order valence-corrected chi connectivity index (χ0v) is 10.0. The predicted octanol–water partition coefficient (Wildman–Crippen LogP) is 2.93. The van der Waals surface area contributed by atoms with E-state index in [4.69, 9.17) is 0 Å². The second kappa shape index (κ2) is 5.05. The van der Waals surface area contributed by atoms with Gasteiger partial charge in [0.05, 0.1) is 0 Å². The molecule has 1 heterocycles. The monoisotopic (exact) mass is 267 g/mol. The number of hydrogen-bond acceptors (Lipinski definition) is 1. The molecule has 0 aromatic heterocycles. The second-order valence-corrected chi connectivity index (χ2v) is 5.27. The van der Waals surface area contributed by atoms with Gasteiger partial charge >= 0.3 is 12.3 Å². The number of fused-ring (bicyclic) bond motifs is 1. The molecule has 18 heavy (non-hydrogen) atoms. The molecule has 0 radical (unpaired) electrons. The van der Waals surface area contributed by atoms with Crippen molar-refractivity contribution in [2.24, 2.45) is 11.8 Å². The highest BCUT2D eigenvalue weighted by atomic mass is 19.3. The molecule has 2 fully saturated rings. The van der Waals surface area contributed by atoms with Crippen molar-refractivity contribution in [1.82, 2.24) is 4.90 Å². The maximum atomic E-state index is 13.0. The number of piperidine rings is 1. The van der Waals surface area contributed by atoms with Crippen LogP contribution >= 0.6 is 0 Å². The van der Waals surface area contributed by atoms with Crippen LogP contribution in [0, 0.1) is 11.8 Å². The molecule has 0 N–H and O–H groups in total. The summed E-state index contributed by atoms with van der Waals surface area (Å²) in [6.45, 7) is 0.397. The van der Waals surface area contributed by atoms with Crippen molar-refractivity contribution in [3.05, 3.63) is 0 Å². The third kappa shape index (κ3) is 2.47. The van der Waals surface area contributed by atoms with Gasteiger partial charge in [0.2, 0.25) is 0 Å². The van der Waals surface area contributed by atoms with E-state index in [2.05, 4.69) is 0 Å². The zero-order chi connectivity index (χ0) is 13.3. The molecule has 2 rings (SSSR count). The van der Waals surface area contributed by atoms with Gasteiger partial charge in [-0.3, -0.25) is 4.79 Å². The minimum Gasteiger partial charge on any atom is -0.337 e. The van der Waals surface area contributed by atoms with Crippen LogP contribution in [-0.4, -0.2) is 36.2 Å². The molecule has 0 aromatic rings. The van der Waals surface area contributed by atoms with Crippen LogP contribution < -0.4 is 0 Å². The molecule has 2 unspecified atom stereocenters. The number of nitrogens with zero attached hydrogens (tertiary/aromatic N) is 1. The minimum absolute atomic E-state index is 0.183. The number of amides is 1. The van der Waals surface area contributed by atoms with Crippen molar-refractivity contribution in [2.45, 2.75) is 44.5 Å². The van der Waals surface area contributed by atoms with Crippen LogP contribution in [-0.2, 0) is 4.79 Å². The van der Waals surface area contributed by atoms with Crippen LogP contribution in [0.15, 0.2) is 0 Å². The number of halogens is 4. The molecule has 6 heteroatoms. The Hall–Kier alpha value is -0.810. The fraction of sp³-hybridized carbons (Fsp3) is 0.917. The number of hydrogen-bond donors (Lipinski definition) is 0. The van der Waals surface area contributed by atoms with Gasteiger partial charge in [0.25, 0.3) is 5.91 Å². The zero-order valence-electron chi connectivity index (χ0n) is 10.0. The largest absolute Gasteiger partial charge is 0.383 e. The third-order valence-corrected chi connectivity index (χ3v) is 4.14. The fourth-order valence-corrected chi connectivity index (χ4v) is 3.09. The maximum absolute atomic E-state index is 13.0. The molecule has 1 amide bonds. The Morgan fingerprint density at radius 1 is 1.11 bits per heavy atom. The van der Waals surface area contributed by atoms with Gasteiger partial charge in [0.15, 0.2) is 0 Å². The van der Waals surface area contributed by atoms with Crippen LogP contribution in [0.1, 0.15) is 32.1 Å². The van der Waals surface area contributed by atoms with E-state index in [1.807, 2.05) is 0 Å². The van der Waals surface area contributed by atoms with Crippen molar-refractivity contribution in [3.63, 3.8) is 0 Å². The summed E-state index contributed by atoms with van der Waals surface area (Å²) in [5, 5.41) is 0. The maximum Gasteiger partial charge on any atom is 0.383 e. The highest BCUT2D eigenvalue weighted by Crippen LogP contribution is 2.37. The Balaban J connectivity index is 2.00. The molecule has 2 aliphatic rings. The van der Waals surface area contributed by atoms with Crippen LogP contribution in [0.5, 0.6) is 0 Å². The molecule has 104 valence electrons. The smallest absolute Gasteiger partial charge is 0.337 e. The Morgan fingerprint density at radius 2 is 1.72 bits per heavy atom. The lowest BCUT2D eigenvalue weighted by molar-refractivity contribution is -0.183. The van der Waals surface area contributed by atoms with Crippen LogP contribution in [0.4, 0.5) is 17.6 Å².